The van der Waals surface area contributed by atoms with Gasteiger partial charge in [0.2, 0.25) is 17.7 Å². The molecule has 0 fully saturated rings. The summed E-state index contributed by atoms with van der Waals surface area (Å²) < 4.78 is 6.12. The molecule has 1 aliphatic rings. The van der Waals surface area contributed by atoms with Crippen molar-refractivity contribution < 1.29 is 23.9 Å². The molecule has 1 aliphatic heterocycles. The average Bonchev–Trinajstić information content (AvgIpc) is 2.92. The van der Waals surface area contributed by atoms with E-state index in [9.17, 15) is 19.2 Å². The van der Waals surface area contributed by atoms with E-state index in [0.29, 0.717) is 24.3 Å². The lowest BCUT2D eigenvalue weighted by Gasteiger charge is -2.33. The number of fused-ring (bicyclic) bond motifs is 1. The van der Waals surface area contributed by atoms with Crippen molar-refractivity contribution in [1.82, 2.24) is 25.8 Å². The number of ether oxygens (including phenoxy) is 1. The van der Waals surface area contributed by atoms with Gasteiger partial charge in [0.05, 0.1) is 30.3 Å². The second-order valence-electron chi connectivity index (χ2n) is 11.1. The third kappa shape index (κ3) is 8.79. The number of para-hydroxylation sites is 1. The number of nitrogens with one attached hydrogen (secondary N) is 3. The topological polar surface area (TPSA) is 130 Å². The van der Waals surface area contributed by atoms with E-state index in [-0.39, 0.29) is 48.9 Å². The number of likely N-dealkylation sites (N-methyl/N-ethyl adjacent to an activating group) is 1. The number of hydrogen-bond donors (Lipinski definition) is 3. The Labute approximate surface area is 236 Å². The van der Waals surface area contributed by atoms with E-state index in [0.717, 1.165) is 0 Å². The largest absolute Gasteiger partial charge is 0.491 e. The first-order valence-electron chi connectivity index (χ1n) is 13.8. The fraction of sp³-hybridized carbons (Fsp3) is 0.500. The molecule has 3 N–H and O–H groups in total. The Hall–Kier alpha value is -3.95. The van der Waals surface area contributed by atoms with Crippen LogP contribution in [0.1, 0.15) is 63.0 Å². The summed E-state index contributed by atoms with van der Waals surface area (Å²) in [5.41, 5.74) is 0.866. The van der Waals surface area contributed by atoms with Crippen LogP contribution in [-0.4, -0.2) is 65.3 Å². The molecule has 0 bridgehead atoms. The third-order valence-corrected chi connectivity index (χ3v) is 6.72. The highest BCUT2D eigenvalue weighted by molar-refractivity contribution is 6.01. The minimum Gasteiger partial charge on any atom is -0.491 e. The van der Waals surface area contributed by atoms with Crippen molar-refractivity contribution in [3.05, 3.63) is 59.9 Å². The van der Waals surface area contributed by atoms with Gasteiger partial charge >= 0.3 is 0 Å². The van der Waals surface area contributed by atoms with Gasteiger partial charge in [-0.1, -0.05) is 45.9 Å². The number of benzene rings is 1. The molecule has 2 aromatic rings. The number of nitrogens with zero attached hydrogens (tertiary/aromatic N) is 2. The smallest absolute Gasteiger partial charge is 0.255 e. The molecular formula is C30H41N5O5. The van der Waals surface area contributed by atoms with E-state index in [1.54, 1.807) is 60.6 Å². The van der Waals surface area contributed by atoms with E-state index in [1.807, 2.05) is 13.8 Å². The molecular weight excluding hydrogens is 510 g/mol. The summed E-state index contributed by atoms with van der Waals surface area (Å²) >= 11 is 0. The van der Waals surface area contributed by atoms with Gasteiger partial charge in [0.15, 0.2) is 0 Å². The van der Waals surface area contributed by atoms with Crippen molar-refractivity contribution >= 4 is 23.6 Å². The SMILES string of the molecule is CC(C)C[C@H]1COc2ccccc2C(=O)N[C@H](C(=O)NCc2ccccn2)CC(=O)N[C@H](CC(C)C)C(=O)N1C. The van der Waals surface area contributed by atoms with Crippen LogP contribution in [-0.2, 0) is 20.9 Å². The summed E-state index contributed by atoms with van der Waals surface area (Å²) in [6, 6.07) is 9.83. The molecule has 10 heteroatoms. The molecule has 0 unspecified atom stereocenters. The lowest BCUT2D eigenvalue weighted by Crippen LogP contribution is -2.54. The Morgan fingerprint density at radius 2 is 1.73 bits per heavy atom. The van der Waals surface area contributed by atoms with Gasteiger partial charge in [-0.05, 0) is 48.9 Å². The molecule has 0 saturated carbocycles. The highest BCUT2D eigenvalue weighted by atomic mass is 16.5. The Balaban J connectivity index is 1.94. The Bertz CT molecular complexity index is 1170. The molecule has 2 heterocycles. The van der Waals surface area contributed by atoms with Crippen LogP contribution in [0.2, 0.25) is 0 Å². The highest BCUT2D eigenvalue weighted by Gasteiger charge is 2.32. The van der Waals surface area contributed by atoms with Crippen molar-refractivity contribution in [3.8, 4) is 5.75 Å². The average molecular weight is 552 g/mol. The highest BCUT2D eigenvalue weighted by Crippen LogP contribution is 2.22. The van der Waals surface area contributed by atoms with E-state index >= 15 is 0 Å². The number of amides is 4. The van der Waals surface area contributed by atoms with E-state index in [1.165, 1.54) is 0 Å². The molecule has 4 amide bonds. The summed E-state index contributed by atoms with van der Waals surface area (Å²) in [6.45, 7) is 8.38. The van der Waals surface area contributed by atoms with Crippen molar-refractivity contribution in [1.29, 1.82) is 0 Å². The maximum Gasteiger partial charge on any atom is 0.255 e. The number of aromatic nitrogens is 1. The number of pyridine rings is 1. The van der Waals surface area contributed by atoms with Gasteiger partial charge in [0.25, 0.3) is 5.91 Å². The van der Waals surface area contributed by atoms with Gasteiger partial charge < -0.3 is 25.6 Å². The third-order valence-electron chi connectivity index (χ3n) is 6.72. The number of rotatable bonds is 7. The molecule has 10 nitrogen and oxygen atoms in total. The first-order valence-corrected chi connectivity index (χ1v) is 13.8. The maximum atomic E-state index is 13.7. The van der Waals surface area contributed by atoms with E-state index < -0.39 is 29.8 Å². The molecule has 216 valence electrons. The Morgan fingerprint density at radius 3 is 2.40 bits per heavy atom. The molecule has 0 saturated heterocycles. The van der Waals surface area contributed by atoms with Gasteiger partial charge in [0, 0.05) is 13.2 Å². The molecule has 40 heavy (non-hydrogen) atoms. The summed E-state index contributed by atoms with van der Waals surface area (Å²) in [5, 5.41) is 8.29. The lowest BCUT2D eigenvalue weighted by molar-refractivity contribution is -0.138. The minimum atomic E-state index is -1.19. The predicted octanol–water partition coefficient (Wildman–Crippen LogP) is 2.68. The van der Waals surface area contributed by atoms with E-state index in [2.05, 4.69) is 34.8 Å². The van der Waals surface area contributed by atoms with Crippen LogP contribution >= 0.6 is 0 Å². The second kappa shape index (κ2) is 14.4. The van der Waals surface area contributed by atoms with Gasteiger partial charge in [-0.25, -0.2) is 0 Å². The van der Waals surface area contributed by atoms with Crippen LogP contribution in [0.25, 0.3) is 0 Å². The normalized spacial score (nSPS) is 20.7. The van der Waals surface area contributed by atoms with Gasteiger partial charge in [0.1, 0.15) is 24.4 Å². The standard InChI is InChI=1S/C30H41N5O5/c1-19(2)14-22-18-40-26-12-7-6-11-23(26)28(37)34-24(29(38)32-17-21-10-8-9-13-31-21)16-27(36)33-25(15-20(3)4)30(39)35(22)5/h6-13,19-20,22,24-25H,14-18H2,1-5H3,(H,32,38)(H,33,36)(H,34,37)/t22-,24-,25+/m0/s1. The van der Waals surface area contributed by atoms with Gasteiger partial charge in [-0.3, -0.25) is 24.2 Å². The predicted molar refractivity (Wildman–Crippen MR) is 151 cm³/mol. The fourth-order valence-electron chi connectivity index (χ4n) is 4.65. The van der Waals surface area contributed by atoms with Crippen LogP contribution < -0.4 is 20.7 Å². The molecule has 1 aromatic carbocycles. The zero-order valence-electron chi connectivity index (χ0n) is 24.0. The van der Waals surface area contributed by atoms with Crippen LogP contribution in [0.4, 0.5) is 0 Å². The summed E-state index contributed by atoms with van der Waals surface area (Å²) in [6.07, 6.45) is 2.38. The summed E-state index contributed by atoms with van der Waals surface area (Å²) in [4.78, 5) is 59.3. The van der Waals surface area contributed by atoms with Crippen molar-refractivity contribution in [2.24, 2.45) is 11.8 Å². The van der Waals surface area contributed by atoms with Crippen LogP contribution in [0, 0.1) is 11.8 Å². The zero-order valence-corrected chi connectivity index (χ0v) is 24.0. The molecule has 0 spiro atoms. The second-order valence-corrected chi connectivity index (χ2v) is 11.1. The number of carbonyl (C=O) groups excluding carboxylic acids is 4. The minimum absolute atomic E-state index is 0.129. The molecule has 3 atom stereocenters. The quantitative estimate of drug-likeness (QED) is 0.485. The fourth-order valence-corrected chi connectivity index (χ4v) is 4.65. The Morgan fingerprint density at radius 1 is 1.02 bits per heavy atom. The number of carbonyl (C=O) groups is 4. The van der Waals surface area contributed by atoms with Crippen LogP contribution in [0.5, 0.6) is 5.75 Å². The monoisotopic (exact) mass is 551 g/mol. The maximum absolute atomic E-state index is 13.7. The Kier molecular flexibility index (Phi) is 11.0. The van der Waals surface area contributed by atoms with Crippen molar-refractivity contribution in [2.75, 3.05) is 13.7 Å². The first-order chi connectivity index (χ1) is 19.0. The zero-order chi connectivity index (χ0) is 29.2. The summed E-state index contributed by atoms with van der Waals surface area (Å²) in [7, 11) is 1.72. The van der Waals surface area contributed by atoms with Crippen LogP contribution in [0.15, 0.2) is 48.7 Å². The van der Waals surface area contributed by atoms with Gasteiger partial charge in [-0.15, -0.1) is 0 Å². The lowest BCUT2D eigenvalue weighted by atomic mass is 9.99. The molecule has 0 aliphatic carbocycles. The number of hydrogen-bond acceptors (Lipinski definition) is 6. The molecule has 3 rings (SSSR count). The first kappa shape index (κ1) is 30.6. The van der Waals surface area contributed by atoms with Crippen LogP contribution in [0.3, 0.4) is 0 Å². The molecule has 1 aromatic heterocycles. The molecule has 0 radical (unpaired) electrons. The van der Waals surface area contributed by atoms with Crippen molar-refractivity contribution in [2.45, 2.75) is 71.6 Å². The van der Waals surface area contributed by atoms with E-state index in [4.69, 9.17) is 4.74 Å². The van der Waals surface area contributed by atoms with Crippen molar-refractivity contribution in [3.63, 3.8) is 0 Å². The summed E-state index contributed by atoms with van der Waals surface area (Å²) in [5.74, 6) is -1.06. The van der Waals surface area contributed by atoms with Gasteiger partial charge in [-0.2, -0.15) is 0 Å².